The average Bonchev–Trinajstić information content (AvgIpc) is 2.93. The van der Waals surface area contributed by atoms with Crippen LogP contribution in [0.2, 0.25) is 0 Å². The zero-order chi connectivity index (χ0) is 16.4. The van der Waals surface area contributed by atoms with Crippen molar-refractivity contribution >= 4 is 15.9 Å². The fraction of sp³-hybridized carbons (Fsp3) is 0.263. The van der Waals surface area contributed by atoms with E-state index < -0.39 is 0 Å². The number of hydrogen-bond acceptors (Lipinski definition) is 3. The first-order valence-corrected chi connectivity index (χ1v) is 9.03. The first-order chi connectivity index (χ1) is 11.8. The molecule has 0 radical (unpaired) electrons. The van der Waals surface area contributed by atoms with Gasteiger partial charge in [-0.15, -0.1) is 0 Å². The van der Waals surface area contributed by atoms with Gasteiger partial charge in [-0.25, -0.2) is 9.67 Å². The molecule has 3 heterocycles. The zero-order valence-electron chi connectivity index (χ0n) is 13.4. The summed E-state index contributed by atoms with van der Waals surface area (Å²) in [7, 11) is 0. The van der Waals surface area contributed by atoms with Crippen LogP contribution in [0.3, 0.4) is 0 Å². The first-order valence-electron chi connectivity index (χ1n) is 8.23. The molecular weight excluding hydrogens is 364 g/mol. The SMILES string of the molecule is Brc1ccc(-n2cc3c(n2)CCN(Cc2ccccc2)CC3)cn1. The lowest BCUT2D eigenvalue weighted by molar-refractivity contribution is 0.278. The molecule has 4 rings (SSSR count). The Labute approximate surface area is 150 Å². The number of aromatic nitrogens is 3. The van der Waals surface area contributed by atoms with Crippen LogP contribution < -0.4 is 0 Å². The second kappa shape index (κ2) is 6.87. The third kappa shape index (κ3) is 3.42. The van der Waals surface area contributed by atoms with Crippen LogP contribution >= 0.6 is 15.9 Å². The predicted molar refractivity (Wildman–Crippen MR) is 98.2 cm³/mol. The van der Waals surface area contributed by atoms with E-state index in [1.165, 1.54) is 16.8 Å². The molecule has 122 valence electrons. The van der Waals surface area contributed by atoms with E-state index >= 15 is 0 Å². The van der Waals surface area contributed by atoms with Gasteiger partial charge >= 0.3 is 0 Å². The summed E-state index contributed by atoms with van der Waals surface area (Å²) in [6.07, 6.45) is 6.05. The number of nitrogens with zero attached hydrogens (tertiary/aromatic N) is 4. The van der Waals surface area contributed by atoms with E-state index in [-0.39, 0.29) is 0 Å². The molecule has 1 aliphatic heterocycles. The Balaban J connectivity index is 1.47. The minimum absolute atomic E-state index is 0.844. The molecule has 5 heteroatoms. The molecular formula is C19H19BrN4. The van der Waals surface area contributed by atoms with E-state index in [1.807, 2.05) is 23.0 Å². The highest BCUT2D eigenvalue weighted by Gasteiger charge is 2.17. The summed E-state index contributed by atoms with van der Waals surface area (Å²) in [5, 5.41) is 4.79. The van der Waals surface area contributed by atoms with E-state index in [1.54, 1.807) is 0 Å². The molecule has 24 heavy (non-hydrogen) atoms. The molecule has 0 bridgehead atoms. The summed E-state index contributed by atoms with van der Waals surface area (Å²) >= 11 is 3.37. The van der Waals surface area contributed by atoms with E-state index in [0.717, 1.165) is 42.8 Å². The lowest BCUT2D eigenvalue weighted by Gasteiger charge is -2.19. The molecule has 1 aliphatic rings. The second-order valence-corrected chi connectivity index (χ2v) is 6.96. The van der Waals surface area contributed by atoms with E-state index in [2.05, 4.69) is 62.3 Å². The van der Waals surface area contributed by atoms with Gasteiger partial charge in [-0.05, 0) is 45.6 Å². The van der Waals surface area contributed by atoms with Crippen molar-refractivity contribution in [2.45, 2.75) is 19.4 Å². The summed E-state index contributed by atoms with van der Waals surface area (Å²) in [5.41, 5.74) is 4.96. The van der Waals surface area contributed by atoms with Gasteiger partial charge < -0.3 is 0 Å². The van der Waals surface area contributed by atoms with Gasteiger partial charge in [-0.1, -0.05) is 30.3 Å². The van der Waals surface area contributed by atoms with Crippen LogP contribution in [0.25, 0.3) is 5.69 Å². The number of hydrogen-bond donors (Lipinski definition) is 0. The van der Waals surface area contributed by atoms with Crippen molar-refractivity contribution in [2.75, 3.05) is 13.1 Å². The Morgan fingerprint density at radius 2 is 1.83 bits per heavy atom. The van der Waals surface area contributed by atoms with Crippen molar-refractivity contribution in [1.82, 2.24) is 19.7 Å². The maximum absolute atomic E-state index is 4.79. The van der Waals surface area contributed by atoms with Crippen LogP contribution in [0.1, 0.15) is 16.8 Å². The normalized spacial score (nSPS) is 15.0. The Bertz CT molecular complexity index is 786. The summed E-state index contributed by atoms with van der Waals surface area (Å²) in [6, 6.07) is 14.7. The molecule has 2 aromatic heterocycles. The molecule has 0 fully saturated rings. The summed E-state index contributed by atoms with van der Waals surface area (Å²) in [4.78, 5) is 6.80. The fourth-order valence-electron chi connectivity index (χ4n) is 3.15. The van der Waals surface area contributed by atoms with Gasteiger partial charge in [0, 0.05) is 32.3 Å². The van der Waals surface area contributed by atoms with Crippen molar-refractivity contribution in [1.29, 1.82) is 0 Å². The average molecular weight is 383 g/mol. The third-order valence-corrected chi connectivity index (χ3v) is 4.93. The molecule has 0 N–H and O–H groups in total. The quantitative estimate of drug-likeness (QED) is 0.648. The van der Waals surface area contributed by atoms with Gasteiger partial charge in [-0.3, -0.25) is 4.90 Å². The lowest BCUT2D eigenvalue weighted by Crippen LogP contribution is -2.26. The Hall–Kier alpha value is -1.98. The monoisotopic (exact) mass is 382 g/mol. The maximum Gasteiger partial charge on any atom is 0.106 e. The minimum Gasteiger partial charge on any atom is -0.298 e. The Morgan fingerprint density at radius 1 is 1.00 bits per heavy atom. The van der Waals surface area contributed by atoms with E-state index in [9.17, 15) is 0 Å². The molecule has 0 atom stereocenters. The highest BCUT2D eigenvalue weighted by molar-refractivity contribution is 9.10. The Kier molecular flexibility index (Phi) is 4.45. The standard InChI is InChI=1S/C19H19BrN4/c20-19-7-6-17(12-21-19)24-14-16-8-10-23(11-9-18(16)22-24)13-15-4-2-1-3-5-15/h1-7,12,14H,8-11,13H2. The smallest absolute Gasteiger partial charge is 0.106 e. The molecule has 1 aromatic carbocycles. The van der Waals surface area contributed by atoms with Crippen molar-refractivity contribution in [3.8, 4) is 5.69 Å². The van der Waals surface area contributed by atoms with Gasteiger partial charge in [-0.2, -0.15) is 5.10 Å². The number of pyridine rings is 1. The molecule has 4 nitrogen and oxygen atoms in total. The summed E-state index contributed by atoms with van der Waals surface area (Å²) in [5.74, 6) is 0. The fourth-order valence-corrected chi connectivity index (χ4v) is 3.39. The number of rotatable bonds is 3. The molecule has 0 spiro atoms. The Morgan fingerprint density at radius 3 is 2.62 bits per heavy atom. The van der Waals surface area contributed by atoms with Crippen LogP contribution in [0.15, 0.2) is 59.5 Å². The third-order valence-electron chi connectivity index (χ3n) is 4.46. The highest BCUT2D eigenvalue weighted by atomic mass is 79.9. The molecule has 0 saturated heterocycles. The van der Waals surface area contributed by atoms with Crippen LogP contribution in [-0.4, -0.2) is 32.8 Å². The summed E-state index contributed by atoms with van der Waals surface area (Å²) < 4.78 is 2.80. The molecule has 0 amide bonds. The van der Waals surface area contributed by atoms with Crippen LogP contribution in [0.5, 0.6) is 0 Å². The minimum atomic E-state index is 0.844. The number of benzene rings is 1. The van der Waals surface area contributed by atoms with Crippen LogP contribution in [0.4, 0.5) is 0 Å². The molecule has 3 aromatic rings. The zero-order valence-corrected chi connectivity index (χ0v) is 15.0. The van der Waals surface area contributed by atoms with Gasteiger partial charge in [0.25, 0.3) is 0 Å². The largest absolute Gasteiger partial charge is 0.298 e. The summed E-state index contributed by atoms with van der Waals surface area (Å²) in [6.45, 7) is 3.14. The molecule has 0 unspecified atom stereocenters. The van der Waals surface area contributed by atoms with Crippen LogP contribution in [-0.2, 0) is 19.4 Å². The first kappa shape index (κ1) is 15.5. The highest BCUT2D eigenvalue weighted by Crippen LogP contribution is 2.19. The van der Waals surface area contributed by atoms with Gasteiger partial charge in [0.15, 0.2) is 0 Å². The van der Waals surface area contributed by atoms with E-state index in [0.29, 0.717) is 0 Å². The lowest BCUT2D eigenvalue weighted by atomic mass is 10.2. The maximum atomic E-state index is 4.79. The van der Waals surface area contributed by atoms with Crippen molar-refractivity contribution in [3.05, 3.63) is 76.3 Å². The predicted octanol–water partition coefficient (Wildman–Crippen LogP) is 3.63. The number of halogens is 1. The van der Waals surface area contributed by atoms with Gasteiger partial charge in [0.05, 0.1) is 17.6 Å². The van der Waals surface area contributed by atoms with E-state index in [4.69, 9.17) is 5.10 Å². The van der Waals surface area contributed by atoms with Gasteiger partial charge in [0.1, 0.15) is 4.60 Å². The van der Waals surface area contributed by atoms with Crippen molar-refractivity contribution < 1.29 is 0 Å². The molecule has 0 aliphatic carbocycles. The van der Waals surface area contributed by atoms with Crippen molar-refractivity contribution in [2.24, 2.45) is 0 Å². The second-order valence-electron chi connectivity index (χ2n) is 6.15. The van der Waals surface area contributed by atoms with Gasteiger partial charge in [0.2, 0.25) is 0 Å². The van der Waals surface area contributed by atoms with Crippen LogP contribution in [0, 0.1) is 0 Å². The number of fused-ring (bicyclic) bond motifs is 1. The van der Waals surface area contributed by atoms with Crippen molar-refractivity contribution in [3.63, 3.8) is 0 Å². The topological polar surface area (TPSA) is 34.0 Å². The molecule has 0 saturated carbocycles.